The van der Waals surface area contributed by atoms with Crippen molar-refractivity contribution in [1.29, 1.82) is 0 Å². The Bertz CT molecular complexity index is 677. The maximum absolute atomic E-state index is 12.2. The first-order chi connectivity index (χ1) is 11.1. The third-order valence-electron chi connectivity index (χ3n) is 3.68. The van der Waals surface area contributed by atoms with Crippen molar-refractivity contribution in [3.05, 3.63) is 52.0 Å². The number of benzene rings is 1. The number of anilines is 1. The van der Waals surface area contributed by atoms with Crippen molar-refractivity contribution >= 4 is 40.2 Å². The van der Waals surface area contributed by atoms with Crippen LogP contribution in [0.3, 0.4) is 0 Å². The molecule has 0 atom stereocenters. The molecule has 1 saturated heterocycles. The molecule has 0 spiro atoms. The molecule has 1 aromatic heterocycles. The summed E-state index contributed by atoms with van der Waals surface area (Å²) in [4.78, 5) is 27.8. The van der Waals surface area contributed by atoms with Crippen molar-refractivity contribution in [3.63, 3.8) is 0 Å². The third-order valence-corrected chi connectivity index (χ3v) is 4.40. The minimum Gasteiger partial charge on any atom is -0.459 e. The van der Waals surface area contributed by atoms with Crippen LogP contribution in [0.15, 0.2) is 47.1 Å². The van der Waals surface area contributed by atoms with Gasteiger partial charge < -0.3 is 19.5 Å². The fraction of sp³-hybridized carbons (Fsp3) is 0.250. The Balaban J connectivity index is 1.53. The van der Waals surface area contributed by atoms with Crippen LogP contribution >= 0.6 is 22.6 Å². The van der Waals surface area contributed by atoms with E-state index in [2.05, 4.69) is 27.9 Å². The van der Waals surface area contributed by atoms with E-state index in [1.54, 1.807) is 21.9 Å². The Morgan fingerprint density at radius 3 is 2.26 bits per heavy atom. The molecular weight excluding hydrogens is 409 g/mol. The van der Waals surface area contributed by atoms with Crippen molar-refractivity contribution in [3.8, 4) is 0 Å². The minimum atomic E-state index is -0.142. The maximum atomic E-state index is 12.2. The summed E-state index contributed by atoms with van der Waals surface area (Å²) >= 11 is 2.22. The predicted octanol–water partition coefficient (Wildman–Crippen LogP) is 2.87. The molecular formula is C16H16IN3O3. The quantitative estimate of drug-likeness (QED) is 0.753. The van der Waals surface area contributed by atoms with E-state index in [4.69, 9.17) is 4.42 Å². The van der Waals surface area contributed by atoms with Crippen LogP contribution in [0.25, 0.3) is 0 Å². The van der Waals surface area contributed by atoms with Gasteiger partial charge in [-0.1, -0.05) is 0 Å². The first-order valence-corrected chi connectivity index (χ1v) is 8.35. The van der Waals surface area contributed by atoms with Gasteiger partial charge in [0.2, 0.25) is 0 Å². The smallest absolute Gasteiger partial charge is 0.321 e. The Hall–Kier alpha value is -2.03. The summed E-state index contributed by atoms with van der Waals surface area (Å²) < 4.78 is 6.24. The number of hydrogen-bond acceptors (Lipinski definition) is 3. The number of nitrogens with zero attached hydrogens (tertiary/aromatic N) is 2. The second-order valence-corrected chi connectivity index (χ2v) is 6.44. The number of urea groups is 1. The van der Waals surface area contributed by atoms with Gasteiger partial charge in [-0.05, 0) is 59.0 Å². The van der Waals surface area contributed by atoms with Crippen LogP contribution in [0.5, 0.6) is 0 Å². The van der Waals surface area contributed by atoms with Crippen LogP contribution < -0.4 is 5.32 Å². The van der Waals surface area contributed by atoms with E-state index in [1.807, 2.05) is 24.3 Å². The van der Waals surface area contributed by atoms with Crippen molar-refractivity contribution in [2.45, 2.75) is 0 Å². The molecule has 0 radical (unpaired) electrons. The zero-order valence-corrected chi connectivity index (χ0v) is 14.5. The summed E-state index contributed by atoms with van der Waals surface area (Å²) in [6.45, 7) is 2.00. The van der Waals surface area contributed by atoms with Crippen LogP contribution in [-0.4, -0.2) is 47.9 Å². The summed E-state index contributed by atoms with van der Waals surface area (Å²) in [6, 6.07) is 10.8. The number of halogens is 1. The van der Waals surface area contributed by atoms with Gasteiger partial charge in [0.15, 0.2) is 5.76 Å². The van der Waals surface area contributed by atoms with Gasteiger partial charge in [0, 0.05) is 35.4 Å². The van der Waals surface area contributed by atoms with Gasteiger partial charge in [0.25, 0.3) is 5.91 Å². The Morgan fingerprint density at radius 1 is 1.00 bits per heavy atom. The van der Waals surface area contributed by atoms with Gasteiger partial charge in [-0.2, -0.15) is 0 Å². The molecule has 2 aromatic rings. The highest BCUT2D eigenvalue weighted by Crippen LogP contribution is 2.13. The number of amides is 3. The fourth-order valence-electron chi connectivity index (χ4n) is 2.40. The van der Waals surface area contributed by atoms with Crippen LogP contribution in [-0.2, 0) is 0 Å². The van der Waals surface area contributed by atoms with Gasteiger partial charge in [0.05, 0.1) is 6.26 Å². The number of piperazine rings is 1. The largest absolute Gasteiger partial charge is 0.459 e. The molecule has 1 N–H and O–H groups in total. The number of nitrogens with one attached hydrogen (secondary N) is 1. The standard InChI is InChI=1S/C16H16IN3O3/c17-12-3-5-13(6-4-12)18-16(22)20-9-7-19(8-10-20)15(21)14-2-1-11-23-14/h1-6,11H,7-10H2,(H,18,22). The lowest BCUT2D eigenvalue weighted by Gasteiger charge is -2.34. The lowest BCUT2D eigenvalue weighted by atomic mass is 10.3. The summed E-state index contributed by atoms with van der Waals surface area (Å²) in [7, 11) is 0. The normalized spacial score (nSPS) is 14.7. The number of carbonyl (C=O) groups is 2. The van der Waals surface area contributed by atoms with E-state index in [0.29, 0.717) is 31.9 Å². The number of furan rings is 1. The zero-order chi connectivity index (χ0) is 16.2. The lowest BCUT2D eigenvalue weighted by Crippen LogP contribution is -2.51. The average Bonchev–Trinajstić information content (AvgIpc) is 3.11. The van der Waals surface area contributed by atoms with Gasteiger partial charge in [0.1, 0.15) is 0 Å². The number of rotatable bonds is 2. The van der Waals surface area contributed by atoms with E-state index in [9.17, 15) is 9.59 Å². The highest BCUT2D eigenvalue weighted by atomic mass is 127. The second kappa shape index (κ2) is 7.03. The molecule has 7 heteroatoms. The molecule has 0 bridgehead atoms. The molecule has 1 aromatic carbocycles. The fourth-order valence-corrected chi connectivity index (χ4v) is 2.76. The average molecular weight is 425 g/mol. The summed E-state index contributed by atoms with van der Waals surface area (Å²) in [5.41, 5.74) is 0.768. The molecule has 1 fully saturated rings. The van der Waals surface area contributed by atoms with Crippen LogP contribution in [0.2, 0.25) is 0 Å². The van der Waals surface area contributed by atoms with Crippen molar-refractivity contribution in [2.24, 2.45) is 0 Å². The number of hydrogen-bond donors (Lipinski definition) is 1. The van der Waals surface area contributed by atoms with Gasteiger partial charge >= 0.3 is 6.03 Å². The number of carbonyl (C=O) groups excluding carboxylic acids is 2. The van der Waals surface area contributed by atoms with Crippen molar-refractivity contribution in [1.82, 2.24) is 9.80 Å². The first-order valence-electron chi connectivity index (χ1n) is 7.28. The third kappa shape index (κ3) is 3.84. The molecule has 1 aliphatic rings. The van der Waals surface area contributed by atoms with Gasteiger partial charge in [-0.25, -0.2) is 4.79 Å². The van der Waals surface area contributed by atoms with Crippen LogP contribution in [0, 0.1) is 3.57 Å². The molecule has 0 saturated carbocycles. The molecule has 1 aliphatic heterocycles. The van der Waals surface area contributed by atoms with Crippen LogP contribution in [0.4, 0.5) is 10.5 Å². The Labute approximate surface area is 147 Å². The van der Waals surface area contributed by atoms with Gasteiger partial charge in [-0.15, -0.1) is 0 Å². The Morgan fingerprint density at radius 2 is 1.65 bits per heavy atom. The Kier molecular flexibility index (Phi) is 4.85. The molecule has 120 valence electrons. The summed E-state index contributed by atoms with van der Waals surface area (Å²) in [6.07, 6.45) is 1.48. The van der Waals surface area contributed by atoms with E-state index >= 15 is 0 Å². The maximum Gasteiger partial charge on any atom is 0.321 e. The summed E-state index contributed by atoms with van der Waals surface area (Å²) in [5.74, 6) is 0.203. The molecule has 3 rings (SSSR count). The van der Waals surface area contributed by atoms with E-state index in [1.165, 1.54) is 6.26 Å². The molecule has 6 nitrogen and oxygen atoms in total. The molecule has 2 heterocycles. The topological polar surface area (TPSA) is 65.8 Å². The minimum absolute atomic E-state index is 0.132. The van der Waals surface area contributed by atoms with Crippen molar-refractivity contribution < 1.29 is 14.0 Å². The van der Waals surface area contributed by atoms with E-state index in [0.717, 1.165) is 9.26 Å². The molecule has 0 unspecified atom stereocenters. The SMILES string of the molecule is O=C(Nc1ccc(I)cc1)N1CCN(C(=O)c2ccco2)CC1. The van der Waals surface area contributed by atoms with E-state index in [-0.39, 0.29) is 11.9 Å². The zero-order valence-electron chi connectivity index (χ0n) is 12.4. The van der Waals surface area contributed by atoms with E-state index < -0.39 is 0 Å². The predicted molar refractivity (Wildman–Crippen MR) is 94.4 cm³/mol. The molecule has 23 heavy (non-hydrogen) atoms. The lowest BCUT2D eigenvalue weighted by molar-refractivity contribution is 0.0640. The van der Waals surface area contributed by atoms with Crippen molar-refractivity contribution in [2.75, 3.05) is 31.5 Å². The highest BCUT2D eigenvalue weighted by Gasteiger charge is 2.25. The second-order valence-electron chi connectivity index (χ2n) is 5.19. The highest BCUT2D eigenvalue weighted by molar-refractivity contribution is 14.1. The molecule has 3 amide bonds. The summed E-state index contributed by atoms with van der Waals surface area (Å²) in [5, 5.41) is 2.87. The molecule has 0 aliphatic carbocycles. The van der Waals surface area contributed by atoms with Crippen LogP contribution in [0.1, 0.15) is 10.6 Å². The monoisotopic (exact) mass is 425 g/mol. The van der Waals surface area contributed by atoms with Gasteiger partial charge in [-0.3, -0.25) is 4.79 Å². The first kappa shape index (κ1) is 15.9.